The highest BCUT2D eigenvalue weighted by molar-refractivity contribution is 7.92. The summed E-state index contributed by atoms with van der Waals surface area (Å²) in [6.45, 7) is 5.29. The molecule has 1 N–H and O–H groups in total. The number of hydrogen-bond donors (Lipinski definition) is 1. The molecule has 1 atom stereocenters. The summed E-state index contributed by atoms with van der Waals surface area (Å²) < 4.78 is 34.0. The standard InChI is InChI=1S/C29H33Cl2N3O5S/c1-5-15-32-29(36)21(3)33(18-22-7-6-8-23(30)16-22)28(35)19-34(24-11-14-27(39-4)26(31)17-24)40(37,38)25-12-9-20(2)10-13-25/h6-14,16-17,21H,5,15,18-19H2,1-4H3,(H,32,36)/t21-/m1/s1. The van der Waals surface area contributed by atoms with Crippen LogP contribution < -0.4 is 14.4 Å². The maximum Gasteiger partial charge on any atom is 0.264 e. The second-order valence-corrected chi connectivity index (χ2v) is 12.0. The molecule has 40 heavy (non-hydrogen) atoms. The Morgan fingerprint density at radius 1 is 1.02 bits per heavy atom. The molecule has 214 valence electrons. The number of carbonyl (C=O) groups excluding carboxylic acids is 2. The fraction of sp³-hybridized carbons (Fsp3) is 0.310. The molecule has 0 spiro atoms. The van der Waals surface area contributed by atoms with Crippen molar-refractivity contribution in [2.75, 3.05) is 24.5 Å². The van der Waals surface area contributed by atoms with Gasteiger partial charge in [-0.2, -0.15) is 0 Å². The van der Waals surface area contributed by atoms with Crippen LogP contribution in [0.5, 0.6) is 5.75 Å². The zero-order valence-corrected chi connectivity index (χ0v) is 25.2. The number of hydrogen-bond acceptors (Lipinski definition) is 5. The summed E-state index contributed by atoms with van der Waals surface area (Å²) in [6.07, 6.45) is 0.724. The third kappa shape index (κ3) is 7.68. The van der Waals surface area contributed by atoms with Gasteiger partial charge in [-0.25, -0.2) is 8.42 Å². The number of aryl methyl sites for hydroxylation is 1. The fourth-order valence-electron chi connectivity index (χ4n) is 3.99. The van der Waals surface area contributed by atoms with E-state index in [-0.39, 0.29) is 28.1 Å². The van der Waals surface area contributed by atoms with E-state index in [1.54, 1.807) is 43.3 Å². The molecular formula is C29H33Cl2N3O5S. The lowest BCUT2D eigenvalue weighted by atomic mass is 10.1. The van der Waals surface area contributed by atoms with E-state index >= 15 is 0 Å². The van der Waals surface area contributed by atoms with Gasteiger partial charge in [0.1, 0.15) is 18.3 Å². The average Bonchev–Trinajstić information content (AvgIpc) is 2.93. The maximum atomic E-state index is 13.9. The largest absolute Gasteiger partial charge is 0.495 e. The first-order valence-electron chi connectivity index (χ1n) is 12.7. The van der Waals surface area contributed by atoms with E-state index in [9.17, 15) is 18.0 Å². The van der Waals surface area contributed by atoms with Gasteiger partial charge in [0.25, 0.3) is 10.0 Å². The van der Waals surface area contributed by atoms with Crippen LogP contribution in [-0.4, -0.2) is 51.4 Å². The SMILES string of the molecule is CCCNC(=O)[C@@H](C)N(Cc1cccc(Cl)c1)C(=O)CN(c1ccc(OC)c(Cl)c1)S(=O)(=O)c1ccc(C)cc1. The van der Waals surface area contributed by atoms with Gasteiger partial charge >= 0.3 is 0 Å². The Bertz CT molecular complexity index is 1450. The molecule has 0 radical (unpaired) electrons. The lowest BCUT2D eigenvalue weighted by Crippen LogP contribution is -2.51. The van der Waals surface area contributed by atoms with E-state index in [0.29, 0.717) is 22.9 Å². The smallest absolute Gasteiger partial charge is 0.264 e. The molecule has 0 saturated heterocycles. The van der Waals surface area contributed by atoms with E-state index in [2.05, 4.69) is 5.32 Å². The summed E-state index contributed by atoms with van der Waals surface area (Å²) in [5.41, 5.74) is 1.75. The first-order chi connectivity index (χ1) is 19.0. The second kappa shape index (κ2) is 13.9. The van der Waals surface area contributed by atoms with Crippen LogP contribution in [0.15, 0.2) is 71.6 Å². The predicted molar refractivity (Wildman–Crippen MR) is 158 cm³/mol. The molecule has 0 heterocycles. The fourth-order valence-corrected chi connectivity index (χ4v) is 5.86. The van der Waals surface area contributed by atoms with E-state index < -0.39 is 28.5 Å². The van der Waals surface area contributed by atoms with Crippen LogP contribution in [0, 0.1) is 6.92 Å². The molecule has 0 aliphatic carbocycles. The summed E-state index contributed by atoms with van der Waals surface area (Å²) >= 11 is 12.5. The number of anilines is 1. The van der Waals surface area contributed by atoms with Gasteiger partial charge < -0.3 is 15.0 Å². The van der Waals surface area contributed by atoms with Crippen LogP contribution in [0.1, 0.15) is 31.4 Å². The molecule has 3 aromatic rings. The number of halogens is 2. The normalized spacial score (nSPS) is 11.9. The van der Waals surface area contributed by atoms with Gasteiger partial charge in [0.05, 0.1) is 22.7 Å². The van der Waals surface area contributed by atoms with Gasteiger partial charge in [-0.15, -0.1) is 0 Å². The van der Waals surface area contributed by atoms with E-state index in [1.807, 2.05) is 13.8 Å². The second-order valence-electron chi connectivity index (χ2n) is 9.26. The number of nitrogens with zero attached hydrogens (tertiary/aromatic N) is 2. The van der Waals surface area contributed by atoms with E-state index in [4.69, 9.17) is 27.9 Å². The molecule has 11 heteroatoms. The number of carbonyl (C=O) groups is 2. The molecule has 0 saturated carbocycles. The molecule has 0 fully saturated rings. The minimum Gasteiger partial charge on any atom is -0.495 e. The third-order valence-corrected chi connectivity index (χ3v) is 8.59. The predicted octanol–water partition coefficient (Wildman–Crippen LogP) is 5.45. The molecule has 0 aromatic heterocycles. The first-order valence-corrected chi connectivity index (χ1v) is 14.9. The Morgan fingerprint density at radius 3 is 2.33 bits per heavy atom. The van der Waals surface area contributed by atoms with Gasteiger partial charge in [-0.05, 0) is 68.3 Å². The summed E-state index contributed by atoms with van der Waals surface area (Å²) in [5.74, 6) is -0.576. The Hall–Kier alpha value is -3.27. The van der Waals surface area contributed by atoms with Crippen molar-refractivity contribution in [3.63, 3.8) is 0 Å². The molecule has 0 aliphatic heterocycles. The van der Waals surface area contributed by atoms with Crippen molar-refractivity contribution in [2.45, 2.75) is 44.7 Å². The number of amides is 2. The van der Waals surface area contributed by atoms with Crippen molar-refractivity contribution >= 4 is 50.7 Å². The molecule has 8 nitrogen and oxygen atoms in total. The zero-order valence-electron chi connectivity index (χ0n) is 22.9. The topological polar surface area (TPSA) is 96.0 Å². The van der Waals surface area contributed by atoms with Crippen molar-refractivity contribution in [1.82, 2.24) is 10.2 Å². The van der Waals surface area contributed by atoms with Crippen molar-refractivity contribution < 1.29 is 22.7 Å². The highest BCUT2D eigenvalue weighted by Gasteiger charge is 2.32. The Kier molecular flexibility index (Phi) is 10.8. The number of methoxy groups -OCH3 is 1. The van der Waals surface area contributed by atoms with Crippen LogP contribution >= 0.6 is 23.2 Å². The molecule has 3 rings (SSSR count). The highest BCUT2D eigenvalue weighted by Crippen LogP contribution is 2.32. The lowest BCUT2D eigenvalue weighted by Gasteiger charge is -2.32. The molecular weight excluding hydrogens is 573 g/mol. The van der Waals surface area contributed by atoms with Crippen LogP contribution in [0.4, 0.5) is 5.69 Å². The van der Waals surface area contributed by atoms with Gasteiger partial charge in [0.2, 0.25) is 11.8 Å². The van der Waals surface area contributed by atoms with E-state index in [0.717, 1.165) is 16.3 Å². The van der Waals surface area contributed by atoms with Crippen molar-refractivity contribution in [1.29, 1.82) is 0 Å². The van der Waals surface area contributed by atoms with Gasteiger partial charge in [-0.1, -0.05) is 60.0 Å². The Morgan fingerprint density at radius 2 is 1.73 bits per heavy atom. The summed E-state index contributed by atoms with van der Waals surface area (Å²) in [4.78, 5) is 28.2. The quantitative estimate of drug-likeness (QED) is 0.296. The van der Waals surface area contributed by atoms with Gasteiger partial charge in [0, 0.05) is 18.1 Å². The maximum absolute atomic E-state index is 13.9. The first kappa shape index (κ1) is 31.3. The monoisotopic (exact) mass is 605 g/mol. The van der Waals surface area contributed by atoms with Crippen molar-refractivity contribution in [2.24, 2.45) is 0 Å². The van der Waals surface area contributed by atoms with Crippen LogP contribution in [0.3, 0.4) is 0 Å². The van der Waals surface area contributed by atoms with Crippen molar-refractivity contribution in [3.05, 3.63) is 87.9 Å². The van der Waals surface area contributed by atoms with Crippen LogP contribution in [0.25, 0.3) is 0 Å². The lowest BCUT2D eigenvalue weighted by molar-refractivity contribution is -0.139. The molecule has 2 amide bonds. The summed E-state index contributed by atoms with van der Waals surface area (Å²) in [5, 5.41) is 3.47. The van der Waals surface area contributed by atoms with Crippen LogP contribution in [-0.2, 0) is 26.2 Å². The molecule has 3 aromatic carbocycles. The van der Waals surface area contributed by atoms with Crippen molar-refractivity contribution in [3.8, 4) is 5.75 Å². The van der Waals surface area contributed by atoms with Gasteiger partial charge in [0.15, 0.2) is 0 Å². The van der Waals surface area contributed by atoms with E-state index in [1.165, 1.54) is 42.3 Å². The van der Waals surface area contributed by atoms with Crippen LogP contribution in [0.2, 0.25) is 10.0 Å². The Labute approximate surface area is 245 Å². The van der Waals surface area contributed by atoms with Gasteiger partial charge in [-0.3, -0.25) is 13.9 Å². The number of sulfonamides is 1. The minimum absolute atomic E-state index is 0.00738. The summed E-state index contributed by atoms with van der Waals surface area (Å²) in [7, 11) is -2.76. The summed E-state index contributed by atoms with van der Waals surface area (Å²) in [6, 6.07) is 16.9. The average molecular weight is 607 g/mol. The third-order valence-electron chi connectivity index (χ3n) is 6.27. The zero-order chi connectivity index (χ0) is 29.4. The highest BCUT2D eigenvalue weighted by atomic mass is 35.5. The number of rotatable bonds is 12. The number of ether oxygens (including phenoxy) is 1. The molecule has 0 aliphatic rings. The molecule has 0 bridgehead atoms. The molecule has 0 unspecified atom stereocenters. The minimum atomic E-state index is -4.21. The number of benzene rings is 3. The number of nitrogens with one attached hydrogen (secondary N) is 1. The Balaban J connectivity index is 2.06.